The molecule has 134 valence electrons. The summed E-state index contributed by atoms with van der Waals surface area (Å²) in [4.78, 5) is 1.96. The molecule has 0 amide bonds. The molecule has 1 aromatic rings. The third-order valence-corrected chi connectivity index (χ3v) is 5.16. The molecule has 0 aliphatic heterocycles. The van der Waals surface area contributed by atoms with E-state index in [1.165, 1.54) is 18.4 Å². The minimum Gasteiger partial charge on any atom is -0.393 e. The van der Waals surface area contributed by atoms with Crippen molar-refractivity contribution in [2.24, 2.45) is 17.8 Å². The summed E-state index contributed by atoms with van der Waals surface area (Å²) in [7, 11) is 1.99. The second-order valence-corrected chi connectivity index (χ2v) is 7.31. The standard InChI is InChI=1S/C22H35NO/c1-7-10-18(3)20(5)22(24)19(4)11-8-9-16-23(6)21-14-12-17(2)13-15-21/h12-15,18-20,22,24H,7-8,10-11H2,1-6H3. The van der Waals surface area contributed by atoms with Gasteiger partial charge in [-0.3, -0.25) is 0 Å². The molecule has 0 bridgehead atoms. The van der Waals surface area contributed by atoms with Crippen molar-refractivity contribution >= 4 is 5.69 Å². The van der Waals surface area contributed by atoms with Gasteiger partial charge in [-0.2, -0.15) is 0 Å². The van der Waals surface area contributed by atoms with E-state index in [4.69, 9.17) is 0 Å². The Balaban J connectivity index is 2.45. The highest BCUT2D eigenvalue weighted by Gasteiger charge is 2.24. The molecule has 0 saturated heterocycles. The molecular weight excluding hydrogens is 294 g/mol. The van der Waals surface area contributed by atoms with Crippen molar-refractivity contribution in [1.82, 2.24) is 0 Å². The SMILES string of the molecule is CCCC(C)C(C)C(O)C(C)CCC#CN(C)c1ccc(C)cc1. The molecule has 0 saturated carbocycles. The lowest BCUT2D eigenvalue weighted by Gasteiger charge is -2.29. The average Bonchev–Trinajstić information content (AvgIpc) is 2.57. The Morgan fingerprint density at radius 2 is 1.67 bits per heavy atom. The van der Waals surface area contributed by atoms with Gasteiger partial charge in [-0.25, -0.2) is 0 Å². The Kier molecular flexibility index (Phi) is 8.93. The first-order valence-corrected chi connectivity index (χ1v) is 9.33. The van der Waals surface area contributed by atoms with E-state index in [-0.39, 0.29) is 6.10 Å². The summed E-state index contributed by atoms with van der Waals surface area (Å²) in [6.45, 7) is 10.9. The molecule has 0 aromatic heterocycles. The maximum Gasteiger partial charge on any atom is 0.0594 e. The lowest BCUT2D eigenvalue weighted by molar-refractivity contribution is 0.0367. The molecule has 2 heteroatoms. The van der Waals surface area contributed by atoms with Crippen molar-refractivity contribution in [3.63, 3.8) is 0 Å². The number of aliphatic hydroxyl groups is 1. The van der Waals surface area contributed by atoms with Gasteiger partial charge in [0.1, 0.15) is 0 Å². The second-order valence-electron chi connectivity index (χ2n) is 7.31. The average molecular weight is 330 g/mol. The van der Waals surface area contributed by atoms with Crippen LogP contribution < -0.4 is 4.90 Å². The lowest BCUT2D eigenvalue weighted by Crippen LogP contribution is -2.30. The first-order valence-electron chi connectivity index (χ1n) is 9.33. The third kappa shape index (κ3) is 6.57. The zero-order valence-corrected chi connectivity index (χ0v) is 16.3. The van der Waals surface area contributed by atoms with Crippen molar-refractivity contribution in [3.05, 3.63) is 29.8 Å². The monoisotopic (exact) mass is 329 g/mol. The summed E-state index contributed by atoms with van der Waals surface area (Å²) >= 11 is 0. The van der Waals surface area contributed by atoms with Crippen LogP contribution in [0.1, 0.15) is 58.9 Å². The van der Waals surface area contributed by atoms with Crippen LogP contribution in [0.3, 0.4) is 0 Å². The highest BCUT2D eigenvalue weighted by molar-refractivity contribution is 5.51. The zero-order chi connectivity index (χ0) is 18.1. The van der Waals surface area contributed by atoms with Crippen LogP contribution in [0.4, 0.5) is 5.69 Å². The van der Waals surface area contributed by atoms with E-state index in [9.17, 15) is 5.11 Å². The zero-order valence-electron chi connectivity index (χ0n) is 16.3. The van der Waals surface area contributed by atoms with Crippen LogP contribution in [0.2, 0.25) is 0 Å². The van der Waals surface area contributed by atoms with Gasteiger partial charge < -0.3 is 10.0 Å². The van der Waals surface area contributed by atoms with E-state index >= 15 is 0 Å². The van der Waals surface area contributed by atoms with Crippen molar-refractivity contribution in [2.75, 3.05) is 11.9 Å². The van der Waals surface area contributed by atoms with Gasteiger partial charge in [0.05, 0.1) is 6.10 Å². The van der Waals surface area contributed by atoms with Gasteiger partial charge in [-0.15, -0.1) is 0 Å². The fraction of sp³-hybridized carbons (Fsp3) is 0.636. The molecule has 0 heterocycles. The number of nitrogens with zero attached hydrogens (tertiary/aromatic N) is 1. The predicted molar refractivity (Wildman–Crippen MR) is 105 cm³/mol. The summed E-state index contributed by atoms with van der Waals surface area (Å²) in [5, 5.41) is 10.5. The number of rotatable bonds is 8. The van der Waals surface area contributed by atoms with Crippen molar-refractivity contribution in [1.29, 1.82) is 0 Å². The molecule has 1 rings (SSSR count). The largest absolute Gasteiger partial charge is 0.393 e. The minimum atomic E-state index is -0.233. The molecule has 24 heavy (non-hydrogen) atoms. The van der Waals surface area contributed by atoms with E-state index in [1.54, 1.807) is 0 Å². The number of anilines is 1. The highest BCUT2D eigenvalue weighted by Crippen LogP contribution is 2.26. The number of aryl methyl sites for hydroxylation is 1. The van der Waals surface area contributed by atoms with Crippen molar-refractivity contribution in [2.45, 2.75) is 66.4 Å². The summed E-state index contributed by atoms with van der Waals surface area (Å²) in [6.07, 6.45) is 3.90. The Morgan fingerprint density at radius 3 is 2.25 bits per heavy atom. The molecule has 0 radical (unpaired) electrons. The van der Waals surface area contributed by atoms with E-state index in [0.29, 0.717) is 17.8 Å². The number of hydrogen-bond acceptors (Lipinski definition) is 2. The molecular formula is C22H35NO. The first kappa shape index (κ1) is 20.6. The predicted octanol–water partition coefficient (Wildman–Crippen LogP) is 5.24. The van der Waals surface area contributed by atoms with Gasteiger partial charge in [0.25, 0.3) is 0 Å². The van der Waals surface area contributed by atoms with E-state index in [0.717, 1.165) is 18.5 Å². The van der Waals surface area contributed by atoms with Crippen LogP contribution in [0, 0.1) is 36.6 Å². The molecule has 4 unspecified atom stereocenters. The third-order valence-electron chi connectivity index (χ3n) is 5.16. The fourth-order valence-corrected chi connectivity index (χ4v) is 3.05. The van der Waals surface area contributed by atoms with E-state index < -0.39 is 0 Å². The van der Waals surface area contributed by atoms with Gasteiger partial charge in [-0.1, -0.05) is 64.2 Å². The first-order chi connectivity index (χ1) is 11.4. The number of hydrogen-bond donors (Lipinski definition) is 1. The van der Waals surface area contributed by atoms with Gasteiger partial charge in [-0.05, 0) is 43.2 Å². The van der Waals surface area contributed by atoms with Crippen molar-refractivity contribution < 1.29 is 5.11 Å². The normalized spacial score (nSPS) is 15.8. The maximum atomic E-state index is 10.5. The Labute approximate surface area is 149 Å². The molecule has 0 fully saturated rings. The molecule has 1 N–H and O–H groups in total. The Hall–Kier alpha value is -1.46. The van der Waals surface area contributed by atoms with Gasteiger partial charge in [0.15, 0.2) is 0 Å². The molecule has 0 spiro atoms. The molecule has 2 nitrogen and oxygen atoms in total. The van der Waals surface area contributed by atoms with Crippen LogP contribution in [-0.4, -0.2) is 18.3 Å². The Morgan fingerprint density at radius 1 is 1.04 bits per heavy atom. The summed E-state index contributed by atoms with van der Waals surface area (Å²) in [5.41, 5.74) is 2.37. The maximum absolute atomic E-state index is 10.5. The number of benzene rings is 1. The van der Waals surface area contributed by atoms with Crippen molar-refractivity contribution in [3.8, 4) is 12.0 Å². The van der Waals surface area contributed by atoms with E-state index in [1.807, 2.05) is 11.9 Å². The van der Waals surface area contributed by atoms with Crippen LogP contribution in [0.5, 0.6) is 0 Å². The minimum absolute atomic E-state index is 0.233. The smallest absolute Gasteiger partial charge is 0.0594 e. The highest BCUT2D eigenvalue weighted by atomic mass is 16.3. The Bertz CT molecular complexity index is 525. The molecule has 4 atom stereocenters. The summed E-state index contributed by atoms with van der Waals surface area (Å²) < 4.78 is 0. The summed E-state index contributed by atoms with van der Waals surface area (Å²) in [5.74, 6) is 4.46. The number of aliphatic hydroxyl groups excluding tert-OH is 1. The van der Waals surface area contributed by atoms with Crippen LogP contribution in [-0.2, 0) is 0 Å². The van der Waals surface area contributed by atoms with Gasteiger partial charge in [0, 0.05) is 25.2 Å². The van der Waals surface area contributed by atoms with Gasteiger partial charge >= 0.3 is 0 Å². The van der Waals surface area contributed by atoms with E-state index in [2.05, 4.69) is 70.8 Å². The fourth-order valence-electron chi connectivity index (χ4n) is 3.05. The quantitative estimate of drug-likeness (QED) is 0.520. The van der Waals surface area contributed by atoms with Crippen LogP contribution in [0.15, 0.2) is 24.3 Å². The molecule has 0 aliphatic rings. The van der Waals surface area contributed by atoms with Gasteiger partial charge in [0.2, 0.25) is 0 Å². The summed E-state index contributed by atoms with van der Waals surface area (Å²) in [6, 6.07) is 11.6. The van der Waals surface area contributed by atoms with Crippen LogP contribution >= 0.6 is 0 Å². The van der Waals surface area contributed by atoms with Crippen LogP contribution in [0.25, 0.3) is 0 Å². The topological polar surface area (TPSA) is 23.5 Å². The molecule has 0 aliphatic carbocycles. The second kappa shape index (κ2) is 10.4. The lowest BCUT2D eigenvalue weighted by atomic mass is 9.81. The molecule has 1 aromatic carbocycles.